The molecule has 3 saturated heterocycles. The molecule has 38 heavy (non-hydrogen) atoms. The van der Waals surface area contributed by atoms with Crippen molar-refractivity contribution in [3.63, 3.8) is 0 Å². The molecule has 0 spiro atoms. The second-order valence-electron chi connectivity index (χ2n) is 11.5. The van der Waals surface area contributed by atoms with Gasteiger partial charge in [0.25, 0.3) is 0 Å². The van der Waals surface area contributed by atoms with Crippen LogP contribution in [0.1, 0.15) is 27.7 Å². The number of fused-ring (bicyclic) bond motifs is 1. The first-order valence-corrected chi connectivity index (χ1v) is 19.6. The van der Waals surface area contributed by atoms with Gasteiger partial charge >= 0.3 is 229 Å². The molecule has 0 unspecified atom stereocenters. The molecular formula is C31H36O6Sn. The monoisotopic (exact) mass is 624 g/mol. The Hall–Kier alpha value is -1.78. The molecule has 0 bridgehead atoms. The zero-order valence-electron chi connectivity index (χ0n) is 22.4. The minimum atomic E-state index is -3.95. The Morgan fingerprint density at radius 3 is 1.63 bits per heavy atom. The van der Waals surface area contributed by atoms with Gasteiger partial charge in [-0.25, -0.2) is 0 Å². The Kier molecular flexibility index (Phi) is 6.75. The molecule has 1 N–H and O–H groups in total. The Labute approximate surface area is 228 Å². The molecule has 5 atom stereocenters. The van der Waals surface area contributed by atoms with Crippen molar-refractivity contribution >= 4 is 29.1 Å². The van der Waals surface area contributed by atoms with Crippen molar-refractivity contribution in [1.29, 1.82) is 0 Å². The quantitative estimate of drug-likeness (QED) is 0.427. The van der Waals surface area contributed by atoms with Gasteiger partial charge in [-0.05, 0) is 0 Å². The van der Waals surface area contributed by atoms with Crippen LogP contribution in [-0.2, 0) is 23.7 Å². The van der Waals surface area contributed by atoms with Crippen LogP contribution in [0.2, 0.25) is 4.44 Å². The van der Waals surface area contributed by atoms with E-state index in [1.807, 2.05) is 45.9 Å². The Balaban J connectivity index is 1.55. The van der Waals surface area contributed by atoms with Crippen LogP contribution in [0.25, 0.3) is 0 Å². The maximum atomic E-state index is 13.0. The van der Waals surface area contributed by atoms with Crippen LogP contribution in [0.3, 0.4) is 0 Å². The Bertz CT molecular complexity index is 1150. The van der Waals surface area contributed by atoms with Crippen LogP contribution in [0, 0.1) is 0 Å². The van der Waals surface area contributed by atoms with Crippen LogP contribution in [0.15, 0.2) is 91.0 Å². The van der Waals surface area contributed by atoms with Gasteiger partial charge in [0.1, 0.15) is 0 Å². The number of ether oxygens (including phenoxy) is 5. The Morgan fingerprint density at radius 2 is 1.18 bits per heavy atom. The number of rotatable bonds is 6. The van der Waals surface area contributed by atoms with Gasteiger partial charge in [0.2, 0.25) is 0 Å². The van der Waals surface area contributed by atoms with E-state index in [1.54, 1.807) is 0 Å². The van der Waals surface area contributed by atoms with Crippen molar-refractivity contribution in [3.8, 4) is 0 Å². The van der Waals surface area contributed by atoms with Gasteiger partial charge in [0.15, 0.2) is 0 Å². The SMILES string of the molecule is CC1(C)OC[C@H]([C@H]2O[C@@H]3OC(C)(C)O[C@@H]3[C@@]2(O)[CH2][Sn]([c]2ccccc2)([c]2ccccc2)[c]2ccccc2)O1. The number of benzene rings is 3. The Morgan fingerprint density at radius 1 is 0.684 bits per heavy atom. The minimum absolute atomic E-state index is 0.327. The number of hydrogen-bond acceptors (Lipinski definition) is 6. The van der Waals surface area contributed by atoms with Crippen LogP contribution in [0.5, 0.6) is 0 Å². The molecule has 3 aromatic rings. The fourth-order valence-electron chi connectivity index (χ4n) is 6.47. The first-order valence-electron chi connectivity index (χ1n) is 13.3. The molecule has 6 rings (SSSR count). The summed E-state index contributed by atoms with van der Waals surface area (Å²) < 4.78 is 35.6. The van der Waals surface area contributed by atoms with Crippen molar-refractivity contribution in [1.82, 2.24) is 0 Å². The van der Waals surface area contributed by atoms with Crippen molar-refractivity contribution < 1.29 is 28.8 Å². The van der Waals surface area contributed by atoms with E-state index in [2.05, 4.69) is 72.8 Å². The molecule has 0 aromatic heterocycles. The van der Waals surface area contributed by atoms with Crippen molar-refractivity contribution in [3.05, 3.63) is 91.0 Å². The summed E-state index contributed by atoms with van der Waals surface area (Å²) in [5, 5.41) is 13.0. The number of hydrogen-bond donors (Lipinski definition) is 1. The molecule has 200 valence electrons. The second-order valence-corrected chi connectivity index (χ2v) is 22.6. The standard InChI is InChI=1S/C13H21O6.3C6H5.Sn/c1-11(2)15-6-7(17-11)8-13(5,14)9-10(16-8)19-12(3,4)18-9;3*1-2-4-6-5-3-1;/h7-10,14H,5-6H2,1-4H3;3*1-5H;/t7-,8-,9+,10-,13-;;;;/m1..../s1. The van der Waals surface area contributed by atoms with Gasteiger partial charge in [-0.3, -0.25) is 0 Å². The summed E-state index contributed by atoms with van der Waals surface area (Å²) in [6, 6.07) is 32.0. The van der Waals surface area contributed by atoms with Crippen molar-refractivity contribution in [2.75, 3.05) is 6.61 Å². The van der Waals surface area contributed by atoms with Crippen molar-refractivity contribution in [2.45, 2.75) is 73.9 Å². The molecule has 6 nitrogen and oxygen atoms in total. The average molecular weight is 623 g/mol. The first kappa shape index (κ1) is 26.4. The van der Waals surface area contributed by atoms with Gasteiger partial charge in [0.05, 0.1) is 0 Å². The van der Waals surface area contributed by atoms with E-state index in [-0.39, 0.29) is 0 Å². The summed E-state index contributed by atoms with van der Waals surface area (Å²) in [6.07, 6.45) is -2.49. The molecule has 7 heteroatoms. The van der Waals surface area contributed by atoms with Gasteiger partial charge in [-0.2, -0.15) is 0 Å². The van der Waals surface area contributed by atoms with Gasteiger partial charge < -0.3 is 0 Å². The average Bonchev–Trinajstić information content (AvgIpc) is 3.52. The topological polar surface area (TPSA) is 66.4 Å². The normalized spacial score (nSPS) is 31.8. The summed E-state index contributed by atoms with van der Waals surface area (Å²) in [4.78, 5) is 0. The van der Waals surface area contributed by atoms with Gasteiger partial charge in [0, 0.05) is 0 Å². The summed E-state index contributed by atoms with van der Waals surface area (Å²) in [5.41, 5.74) is -1.38. The first-order chi connectivity index (χ1) is 18.1. The maximum absolute atomic E-state index is 13.0. The fourth-order valence-corrected chi connectivity index (χ4v) is 21.2. The van der Waals surface area contributed by atoms with Crippen LogP contribution < -0.4 is 10.7 Å². The van der Waals surface area contributed by atoms with Crippen LogP contribution in [0.4, 0.5) is 0 Å². The predicted molar refractivity (Wildman–Crippen MR) is 147 cm³/mol. The zero-order chi connectivity index (χ0) is 26.6. The van der Waals surface area contributed by atoms with E-state index < -0.39 is 60.2 Å². The zero-order valence-corrected chi connectivity index (χ0v) is 25.2. The van der Waals surface area contributed by atoms with E-state index in [0.717, 1.165) is 0 Å². The molecule has 3 aromatic carbocycles. The van der Waals surface area contributed by atoms with Crippen LogP contribution >= 0.6 is 0 Å². The third-order valence-electron chi connectivity index (χ3n) is 8.04. The van der Waals surface area contributed by atoms with E-state index in [1.165, 1.54) is 10.7 Å². The van der Waals surface area contributed by atoms with Gasteiger partial charge in [-0.15, -0.1) is 0 Å². The molecule has 0 aliphatic carbocycles. The summed E-state index contributed by atoms with van der Waals surface area (Å²) in [6.45, 7) is 7.83. The molecule has 0 amide bonds. The van der Waals surface area contributed by atoms with E-state index in [0.29, 0.717) is 11.0 Å². The van der Waals surface area contributed by atoms with E-state index in [4.69, 9.17) is 23.7 Å². The van der Waals surface area contributed by atoms with Crippen LogP contribution in [-0.4, -0.2) is 71.9 Å². The molecular weight excluding hydrogens is 587 g/mol. The third-order valence-corrected chi connectivity index (χ3v) is 22.5. The van der Waals surface area contributed by atoms with E-state index in [9.17, 15) is 5.11 Å². The molecule has 0 radical (unpaired) electrons. The molecule has 3 aliphatic heterocycles. The summed E-state index contributed by atoms with van der Waals surface area (Å²) >= 11 is -3.95. The second kappa shape index (κ2) is 9.70. The fraction of sp³-hybridized carbons (Fsp3) is 0.419. The van der Waals surface area contributed by atoms with Crippen molar-refractivity contribution in [2.24, 2.45) is 0 Å². The predicted octanol–water partition coefficient (Wildman–Crippen LogP) is 2.92. The third kappa shape index (κ3) is 4.54. The van der Waals surface area contributed by atoms with E-state index >= 15 is 0 Å². The molecule has 3 heterocycles. The number of aliphatic hydroxyl groups is 1. The van der Waals surface area contributed by atoms with Gasteiger partial charge in [-0.1, -0.05) is 0 Å². The molecule has 0 saturated carbocycles. The summed E-state index contributed by atoms with van der Waals surface area (Å²) in [5.74, 6) is -1.63. The summed E-state index contributed by atoms with van der Waals surface area (Å²) in [7, 11) is 0. The molecule has 3 fully saturated rings. The molecule has 3 aliphatic rings.